The molecule has 0 atom stereocenters. The number of nitrogens with zero attached hydrogens (tertiary/aromatic N) is 6. The Morgan fingerprint density at radius 2 is 2.00 bits per heavy atom. The molecule has 166 valence electrons. The van der Waals surface area contributed by atoms with E-state index in [4.69, 9.17) is 9.73 Å². The predicted molar refractivity (Wildman–Crippen MR) is 116 cm³/mol. The zero-order valence-corrected chi connectivity index (χ0v) is 18.3. The highest BCUT2D eigenvalue weighted by Crippen LogP contribution is 2.20. The smallest absolute Gasteiger partial charge is 0.225 e. The van der Waals surface area contributed by atoms with Crippen molar-refractivity contribution >= 4 is 11.9 Å². The van der Waals surface area contributed by atoms with Gasteiger partial charge >= 0.3 is 0 Å². The van der Waals surface area contributed by atoms with E-state index in [1.165, 1.54) is 0 Å². The number of aliphatic imine (C=N–C) groups is 1. The van der Waals surface area contributed by atoms with Crippen LogP contribution in [0.3, 0.4) is 0 Å². The van der Waals surface area contributed by atoms with Crippen LogP contribution in [-0.4, -0.2) is 88.9 Å². The van der Waals surface area contributed by atoms with E-state index in [0.717, 1.165) is 75.9 Å². The van der Waals surface area contributed by atoms with Crippen molar-refractivity contribution in [3.63, 3.8) is 0 Å². The Labute approximate surface area is 179 Å². The van der Waals surface area contributed by atoms with Gasteiger partial charge in [0, 0.05) is 51.6 Å². The molecule has 9 nitrogen and oxygen atoms in total. The van der Waals surface area contributed by atoms with Crippen molar-refractivity contribution in [3.05, 3.63) is 24.3 Å². The molecule has 1 amide bonds. The molecule has 0 saturated carbocycles. The van der Waals surface area contributed by atoms with Crippen molar-refractivity contribution in [1.29, 1.82) is 0 Å². The van der Waals surface area contributed by atoms with Crippen LogP contribution in [0.2, 0.25) is 0 Å². The first kappa shape index (κ1) is 22.3. The lowest BCUT2D eigenvalue weighted by Gasteiger charge is -2.36. The molecule has 1 N–H and O–H groups in total. The van der Waals surface area contributed by atoms with Gasteiger partial charge in [0.2, 0.25) is 5.91 Å². The molecule has 3 heterocycles. The Kier molecular flexibility index (Phi) is 8.24. The van der Waals surface area contributed by atoms with E-state index >= 15 is 0 Å². The van der Waals surface area contributed by atoms with Gasteiger partial charge in [-0.15, -0.1) is 10.2 Å². The van der Waals surface area contributed by atoms with E-state index in [2.05, 4.69) is 38.5 Å². The molecule has 1 aromatic heterocycles. The van der Waals surface area contributed by atoms with E-state index < -0.39 is 0 Å². The van der Waals surface area contributed by atoms with E-state index in [0.29, 0.717) is 19.8 Å². The van der Waals surface area contributed by atoms with Gasteiger partial charge in [-0.3, -0.25) is 4.79 Å². The lowest BCUT2D eigenvalue weighted by Crippen LogP contribution is -2.50. The van der Waals surface area contributed by atoms with Crippen LogP contribution >= 0.6 is 0 Å². The van der Waals surface area contributed by atoms with E-state index in [1.807, 2.05) is 11.8 Å². The van der Waals surface area contributed by atoms with Crippen molar-refractivity contribution in [2.24, 2.45) is 10.9 Å². The van der Waals surface area contributed by atoms with Crippen LogP contribution in [0.25, 0.3) is 0 Å². The Bertz CT molecular complexity index is 731. The lowest BCUT2D eigenvalue weighted by molar-refractivity contribution is -0.140. The molecule has 0 spiro atoms. The van der Waals surface area contributed by atoms with Gasteiger partial charge in [-0.2, -0.15) is 0 Å². The first-order chi connectivity index (χ1) is 14.6. The molecule has 2 aliphatic rings. The van der Waals surface area contributed by atoms with Gasteiger partial charge in [-0.05, 0) is 19.8 Å². The Hall–Kier alpha value is -2.42. The van der Waals surface area contributed by atoms with Gasteiger partial charge in [0.1, 0.15) is 12.2 Å². The van der Waals surface area contributed by atoms with Gasteiger partial charge in [-0.1, -0.05) is 19.1 Å². The molecule has 0 aliphatic carbocycles. The second-order valence-electron chi connectivity index (χ2n) is 8.02. The molecule has 2 aliphatic heterocycles. The summed E-state index contributed by atoms with van der Waals surface area (Å²) in [4.78, 5) is 21.8. The van der Waals surface area contributed by atoms with Crippen LogP contribution in [0.4, 0.5) is 0 Å². The summed E-state index contributed by atoms with van der Waals surface area (Å²) in [6.07, 6.45) is 4.35. The molecule has 1 aromatic rings. The third-order valence-corrected chi connectivity index (χ3v) is 5.61. The summed E-state index contributed by atoms with van der Waals surface area (Å²) in [5.74, 6) is 2.26. The fourth-order valence-electron chi connectivity index (χ4n) is 3.89. The normalized spacial score (nSPS) is 18.5. The number of hydrogen-bond acceptors (Lipinski definition) is 5. The number of aromatic nitrogens is 3. The number of guanidine groups is 1. The Balaban J connectivity index is 1.53. The van der Waals surface area contributed by atoms with Crippen LogP contribution in [0, 0.1) is 5.92 Å². The number of hydrogen-bond donors (Lipinski definition) is 1. The molecule has 0 aromatic carbocycles. The fraction of sp³-hybridized carbons (Fsp3) is 0.714. The van der Waals surface area contributed by atoms with Crippen molar-refractivity contribution in [1.82, 2.24) is 29.9 Å². The Morgan fingerprint density at radius 1 is 1.27 bits per heavy atom. The second-order valence-corrected chi connectivity index (χ2v) is 8.02. The molecule has 9 heteroatoms. The molecule has 30 heavy (non-hydrogen) atoms. The number of morpholine rings is 1. The van der Waals surface area contributed by atoms with Gasteiger partial charge in [0.25, 0.3) is 0 Å². The Morgan fingerprint density at radius 3 is 2.67 bits per heavy atom. The number of likely N-dealkylation sites (tertiary alicyclic amines) is 1. The van der Waals surface area contributed by atoms with Crippen LogP contribution in [-0.2, 0) is 22.5 Å². The van der Waals surface area contributed by atoms with E-state index in [1.54, 1.807) is 6.33 Å². The number of piperidine rings is 1. The largest absolute Gasteiger partial charge is 0.378 e. The highest BCUT2D eigenvalue weighted by Gasteiger charge is 2.30. The molecule has 3 rings (SSSR count). The summed E-state index contributed by atoms with van der Waals surface area (Å²) in [5.41, 5.74) is 1.03. The van der Waals surface area contributed by atoms with Crippen molar-refractivity contribution in [3.8, 4) is 0 Å². The fourth-order valence-corrected chi connectivity index (χ4v) is 3.89. The SMILES string of the molecule is C=C(C)CN=C(NCCn1cnnc1CC)N1CCC(C(=O)N2CCOCC2)CC1. The molecule has 0 unspecified atom stereocenters. The minimum absolute atomic E-state index is 0.103. The van der Waals surface area contributed by atoms with Crippen LogP contribution in [0.1, 0.15) is 32.5 Å². The van der Waals surface area contributed by atoms with Gasteiger partial charge < -0.3 is 24.4 Å². The van der Waals surface area contributed by atoms with Gasteiger partial charge in [-0.25, -0.2) is 4.99 Å². The molecule has 0 bridgehead atoms. The van der Waals surface area contributed by atoms with E-state index in [9.17, 15) is 4.79 Å². The summed E-state index contributed by atoms with van der Waals surface area (Å²) < 4.78 is 7.43. The minimum atomic E-state index is 0.103. The monoisotopic (exact) mass is 417 g/mol. The van der Waals surface area contributed by atoms with E-state index in [-0.39, 0.29) is 11.8 Å². The zero-order valence-electron chi connectivity index (χ0n) is 18.3. The number of carbonyl (C=O) groups is 1. The zero-order chi connectivity index (χ0) is 21.3. The summed E-state index contributed by atoms with van der Waals surface area (Å²) in [6.45, 7) is 14.6. The highest BCUT2D eigenvalue weighted by atomic mass is 16.5. The highest BCUT2D eigenvalue weighted by molar-refractivity contribution is 5.82. The summed E-state index contributed by atoms with van der Waals surface area (Å²) >= 11 is 0. The van der Waals surface area contributed by atoms with Crippen molar-refractivity contribution < 1.29 is 9.53 Å². The number of amides is 1. The molecular formula is C21H35N7O2. The van der Waals surface area contributed by atoms with Crippen LogP contribution in [0.15, 0.2) is 23.5 Å². The average Bonchev–Trinajstić information content (AvgIpc) is 3.23. The topological polar surface area (TPSA) is 87.9 Å². The van der Waals surface area contributed by atoms with Crippen molar-refractivity contribution in [2.75, 3.05) is 52.5 Å². The molecule has 0 radical (unpaired) electrons. The van der Waals surface area contributed by atoms with Gasteiger partial charge in [0.15, 0.2) is 5.96 Å². The predicted octanol–water partition coefficient (Wildman–Crippen LogP) is 0.933. The summed E-state index contributed by atoms with van der Waals surface area (Å²) in [7, 11) is 0. The maximum absolute atomic E-state index is 12.8. The quantitative estimate of drug-likeness (QED) is 0.403. The number of ether oxygens (including phenoxy) is 1. The van der Waals surface area contributed by atoms with Crippen LogP contribution in [0.5, 0.6) is 0 Å². The third-order valence-electron chi connectivity index (χ3n) is 5.61. The lowest BCUT2D eigenvalue weighted by atomic mass is 9.95. The average molecular weight is 418 g/mol. The van der Waals surface area contributed by atoms with Crippen LogP contribution < -0.4 is 5.32 Å². The van der Waals surface area contributed by atoms with Gasteiger partial charge in [0.05, 0.1) is 19.8 Å². The summed E-state index contributed by atoms with van der Waals surface area (Å²) in [6, 6.07) is 0. The maximum Gasteiger partial charge on any atom is 0.225 e. The van der Waals surface area contributed by atoms with Crippen molar-refractivity contribution in [2.45, 2.75) is 39.7 Å². The molecule has 2 saturated heterocycles. The number of aryl methyl sites for hydroxylation is 1. The standard InChI is InChI=1S/C21H35N7O2/c1-4-19-25-24-16-28(19)10-7-22-21(23-15-17(2)3)27-8-5-18(6-9-27)20(29)26-11-13-30-14-12-26/h16,18H,2,4-15H2,1,3H3,(H,22,23). The number of carbonyl (C=O) groups excluding carboxylic acids is 1. The molecule has 2 fully saturated rings. The molecular weight excluding hydrogens is 382 g/mol. The minimum Gasteiger partial charge on any atom is -0.378 e. The second kappa shape index (κ2) is 11.1. The first-order valence-electron chi connectivity index (χ1n) is 11.0. The number of rotatable bonds is 7. The number of nitrogens with one attached hydrogen (secondary N) is 1. The first-order valence-corrected chi connectivity index (χ1v) is 11.0. The maximum atomic E-state index is 12.8. The third kappa shape index (κ3) is 6.04. The summed E-state index contributed by atoms with van der Waals surface area (Å²) in [5, 5.41) is 11.6.